The molecule has 0 bridgehead atoms. The second kappa shape index (κ2) is 15.2. The predicted octanol–water partition coefficient (Wildman–Crippen LogP) is 10.8. The molecular weight excluding hydrogens is 700 g/mol. The van der Waals surface area contributed by atoms with E-state index in [9.17, 15) is 70.2 Å². The summed E-state index contributed by atoms with van der Waals surface area (Å²) >= 11 is 0. The fraction of sp³-hybridized carbons (Fsp3) is 0.643. The summed E-state index contributed by atoms with van der Waals surface area (Å²) < 4.78 is 218. The highest BCUT2D eigenvalue weighted by Crippen LogP contribution is 2.57. The first-order valence-electron chi connectivity index (χ1n) is 14.1. The van der Waals surface area contributed by atoms with Gasteiger partial charge < -0.3 is 4.74 Å². The molecule has 20 heteroatoms. The van der Waals surface area contributed by atoms with Crippen LogP contribution in [0, 0.1) is 0 Å². The number of rotatable bonds is 19. The molecule has 0 aliphatic heterocycles. The number of alkyl halides is 16. The Balaban J connectivity index is 2.07. The third kappa shape index (κ3) is 8.94. The van der Waals surface area contributed by atoms with Gasteiger partial charge >= 0.3 is 48.4 Å². The van der Waals surface area contributed by atoms with Crippen molar-refractivity contribution in [3.8, 4) is 17.1 Å². The number of ether oxygens (including phenoxy) is 2. The molecule has 1 unspecified atom stereocenters. The molecule has 0 amide bonds. The van der Waals surface area contributed by atoms with Crippen molar-refractivity contribution in [2.45, 2.75) is 113 Å². The Morgan fingerprint density at radius 1 is 0.604 bits per heavy atom. The molecule has 0 fully saturated rings. The van der Waals surface area contributed by atoms with Crippen molar-refractivity contribution < 1.29 is 79.7 Å². The molecule has 4 nitrogen and oxygen atoms in total. The topological polar surface area (TPSA) is 44.2 Å². The summed E-state index contributed by atoms with van der Waals surface area (Å²) in [5.74, 6) is -31.5. The molecule has 0 spiro atoms. The second-order valence-electron chi connectivity index (χ2n) is 10.6. The first-order valence-corrected chi connectivity index (χ1v) is 14.1. The highest BCUT2D eigenvalue weighted by atomic mass is 19.4. The van der Waals surface area contributed by atoms with E-state index in [1.54, 1.807) is 0 Å². The molecule has 0 saturated carbocycles. The van der Waals surface area contributed by atoms with Gasteiger partial charge in [0.05, 0.1) is 0 Å². The molecule has 48 heavy (non-hydrogen) atoms. The largest absolute Gasteiger partial charge is 0.460 e. The summed E-state index contributed by atoms with van der Waals surface area (Å²) in [7, 11) is 0. The number of nitrogens with zero attached hydrogens (tertiary/aromatic N) is 2. The first-order chi connectivity index (χ1) is 21.9. The van der Waals surface area contributed by atoms with Gasteiger partial charge in [-0.25, -0.2) is 14.7 Å². The van der Waals surface area contributed by atoms with E-state index < -0.39 is 54.2 Å². The van der Waals surface area contributed by atoms with Crippen molar-refractivity contribution >= 4 is 0 Å². The molecule has 0 saturated heterocycles. The summed E-state index contributed by atoms with van der Waals surface area (Å²) in [5, 5.41) is 0. The molecule has 1 heterocycles. The zero-order valence-electron chi connectivity index (χ0n) is 24.7. The van der Waals surface area contributed by atoms with E-state index in [0.29, 0.717) is 18.6 Å². The Morgan fingerprint density at radius 3 is 1.54 bits per heavy atom. The van der Waals surface area contributed by atoms with Crippen LogP contribution in [0.25, 0.3) is 11.4 Å². The van der Waals surface area contributed by atoms with Crippen molar-refractivity contribution in [1.29, 1.82) is 0 Å². The number of aryl methyl sites for hydroxylation is 1. The van der Waals surface area contributed by atoms with Crippen molar-refractivity contribution in [2.75, 3.05) is 0 Å². The smallest absolute Gasteiger partial charge is 0.454 e. The van der Waals surface area contributed by atoms with Crippen LogP contribution in [0.4, 0.5) is 70.2 Å². The lowest BCUT2D eigenvalue weighted by molar-refractivity contribution is -0.516. The third-order valence-corrected chi connectivity index (χ3v) is 6.82. The molecule has 0 N–H and O–H groups in total. The summed E-state index contributed by atoms with van der Waals surface area (Å²) in [6.07, 6.45) is -15.6. The van der Waals surface area contributed by atoms with Gasteiger partial charge in [-0.15, -0.1) is 0 Å². The second-order valence-corrected chi connectivity index (χ2v) is 10.6. The van der Waals surface area contributed by atoms with Gasteiger partial charge in [0, 0.05) is 18.0 Å². The molecule has 0 radical (unpaired) electrons. The minimum atomic E-state index is -8.04. The van der Waals surface area contributed by atoms with Crippen LogP contribution in [-0.2, 0) is 11.2 Å². The monoisotopic (exact) mass is 728 g/mol. The van der Waals surface area contributed by atoms with Gasteiger partial charge in [-0.1, -0.05) is 51.9 Å². The van der Waals surface area contributed by atoms with Gasteiger partial charge in [0.2, 0.25) is 0 Å². The van der Waals surface area contributed by atoms with Crippen molar-refractivity contribution in [1.82, 2.24) is 9.97 Å². The Bertz CT molecular complexity index is 1290. The van der Waals surface area contributed by atoms with Crippen LogP contribution in [0.5, 0.6) is 5.75 Å². The van der Waals surface area contributed by atoms with E-state index in [1.807, 2.05) is 0 Å². The molecule has 2 rings (SSSR count). The number of benzene rings is 1. The van der Waals surface area contributed by atoms with E-state index in [4.69, 9.17) is 0 Å². The van der Waals surface area contributed by atoms with Gasteiger partial charge in [-0.05, 0) is 42.7 Å². The number of halogens is 16. The lowest BCUT2D eigenvalue weighted by atomic mass is 10.1. The number of hydrogen-bond acceptors (Lipinski definition) is 4. The Morgan fingerprint density at radius 2 is 1.06 bits per heavy atom. The molecule has 0 aliphatic carbocycles. The van der Waals surface area contributed by atoms with Crippen molar-refractivity contribution in [3.63, 3.8) is 0 Å². The lowest BCUT2D eigenvalue weighted by Gasteiger charge is -2.38. The third-order valence-electron chi connectivity index (χ3n) is 6.82. The zero-order valence-corrected chi connectivity index (χ0v) is 24.7. The standard InChI is InChI=1S/C28H28F16N2O2/c1-2-3-4-5-6-7-8-9-10-17-15-45-20(46-16-17)18-11-13-19(14-12-18)47-21(29)22(30,31)23(32,33)27(41,42)48-28(43,44)25(36,37)24(34,35)26(38,39)40/h11-16,21H,2-10H2,1H3. The maximum Gasteiger partial charge on any atom is 0.460 e. The zero-order chi connectivity index (χ0) is 36.8. The fourth-order valence-electron chi connectivity index (χ4n) is 3.96. The van der Waals surface area contributed by atoms with Gasteiger partial charge in [-0.3, -0.25) is 0 Å². The molecule has 1 aromatic heterocycles. The summed E-state index contributed by atoms with van der Waals surface area (Å²) in [6.45, 7) is 2.12. The molecule has 1 atom stereocenters. The molecule has 2 aromatic rings. The van der Waals surface area contributed by atoms with Crippen LogP contribution >= 0.6 is 0 Å². The fourth-order valence-corrected chi connectivity index (χ4v) is 3.96. The Labute approximate surface area is 262 Å². The predicted molar refractivity (Wildman–Crippen MR) is 136 cm³/mol. The molecule has 274 valence electrons. The average molecular weight is 729 g/mol. The number of unbranched alkanes of at least 4 members (excludes halogenated alkanes) is 7. The quantitative estimate of drug-likeness (QED) is 0.107. The van der Waals surface area contributed by atoms with Crippen molar-refractivity contribution in [3.05, 3.63) is 42.2 Å². The first kappa shape index (κ1) is 41.1. The average Bonchev–Trinajstić information content (AvgIpc) is 2.97. The van der Waals surface area contributed by atoms with Crippen LogP contribution in [0.1, 0.15) is 63.9 Å². The van der Waals surface area contributed by atoms with E-state index in [1.165, 1.54) is 30.0 Å². The summed E-state index contributed by atoms with van der Waals surface area (Å²) in [4.78, 5) is 8.19. The van der Waals surface area contributed by atoms with E-state index >= 15 is 0 Å². The highest BCUT2D eigenvalue weighted by Gasteiger charge is 2.86. The molecular formula is C28H28F16N2O2. The maximum atomic E-state index is 14.1. The Hall–Kier alpha value is -3.06. The van der Waals surface area contributed by atoms with E-state index in [-0.39, 0.29) is 11.4 Å². The SMILES string of the molecule is CCCCCCCCCCc1cnc(-c2ccc(OC(F)C(F)(F)C(F)(F)C(F)(F)OC(F)(F)C(F)(F)C(F)(F)C(F)(F)F)cc2)nc1. The summed E-state index contributed by atoms with van der Waals surface area (Å²) in [6, 6.07) is 3.23. The van der Waals surface area contributed by atoms with Gasteiger partial charge in [0.15, 0.2) is 5.82 Å². The maximum absolute atomic E-state index is 14.1. The van der Waals surface area contributed by atoms with E-state index in [2.05, 4.69) is 21.6 Å². The molecule has 0 aliphatic rings. The minimum Gasteiger partial charge on any atom is -0.454 e. The lowest BCUT2D eigenvalue weighted by Crippen LogP contribution is -2.67. The highest BCUT2D eigenvalue weighted by molar-refractivity contribution is 5.55. The van der Waals surface area contributed by atoms with Gasteiger partial charge in [0.1, 0.15) is 5.75 Å². The number of aromatic nitrogens is 2. The minimum absolute atomic E-state index is 0.0421. The number of hydrogen-bond donors (Lipinski definition) is 0. The van der Waals surface area contributed by atoms with E-state index in [0.717, 1.165) is 56.2 Å². The van der Waals surface area contributed by atoms with Crippen LogP contribution in [0.3, 0.4) is 0 Å². The van der Waals surface area contributed by atoms with Crippen LogP contribution in [0.2, 0.25) is 0 Å². The van der Waals surface area contributed by atoms with Crippen LogP contribution < -0.4 is 4.74 Å². The van der Waals surface area contributed by atoms with Crippen LogP contribution in [-0.4, -0.2) is 58.4 Å². The Kier molecular flexibility index (Phi) is 13.0. The summed E-state index contributed by atoms with van der Waals surface area (Å²) in [5.41, 5.74) is 0.914. The normalized spacial score (nSPS) is 14.7. The van der Waals surface area contributed by atoms with Gasteiger partial charge in [-0.2, -0.15) is 70.2 Å². The van der Waals surface area contributed by atoms with Crippen LogP contribution in [0.15, 0.2) is 36.7 Å². The van der Waals surface area contributed by atoms with Crippen molar-refractivity contribution in [2.24, 2.45) is 0 Å². The molecule has 1 aromatic carbocycles. The van der Waals surface area contributed by atoms with Gasteiger partial charge in [0.25, 0.3) is 0 Å².